The molecule has 0 spiro atoms. The second kappa shape index (κ2) is 8.67. The van der Waals surface area contributed by atoms with Gasteiger partial charge in [0.25, 0.3) is 5.56 Å². The number of unbranched alkanes of at least 4 members (excludes halogenated alkanes) is 2. The Morgan fingerprint density at radius 3 is 2.74 bits per heavy atom. The summed E-state index contributed by atoms with van der Waals surface area (Å²) >= 11 is 0. The molecule has 0 saturated heterocycles. The Kier molecular flexibility index (Phi) is 6.28. The highest BCUT2D eigenvalue weighted by atomic mass is 16.5. The van der Waals surface area contributed by atoms with Gasteiger partial charge in [-0.05, 0) is 43.2 Å². The fraction of sp³-hybridized carbons (Fsp3) is 0.375. The second-order valence-electron chi connectivity index (χ2n) is 5.08. The Bertz CT molecular complexity index is 694. The number of aromatic amines is 1. The lowest BCUT2D eigenvalue weighted by atomic mass is 10.2. The van der Waals surface area contributed by atoms with Crippen molar-refractivity contribution in [2.75, 3.05) is 12.0 Å². The Hall–Kier alpha value is -2.70. The number of nitrogens with zero attached hydrogens (tertiary/aromatic N) is 3. The Balaban J connectivity index is 1.85. The number of benzene rings is 1. The van der Waals surface area contributed by atoms with E-state index in [1.165, 1.54) is 12.8 Å². The minimum Gasteiger partial charge on any atom is -0.494 e. The fourth-order valence-electron chi connectivity index (χ4n) is 1.80. The first kappa shape index (κ1) is 16.7. The molecule has 0 atom stereocenters. The normalized spacial score (nSPS) is 10.9. The molecule has 0 amide bonds. The standard InChI is InChI=1S/C16H21N5O2/c1-3-4-5-10-23-14-8-6-13(7-9-14)11-17-20-16-18-15(22)12(2)19-21-16/h6-9,11H,3-5,10H2,1-2H3,(H2,18,20,21,22)/b17-11-. The highest BCUT2D eigenvalue weighted by molar-refractivity contribution is 5.80. The lowest BCUT2D eigenvalue weighted by Crippen LogP contribution is -2.15. The van der Waals surface area contributed by atoms with Gasteiger partial charge in [-0.3, -0.25) is 9.78 Å². The third-order valence-corrected chi connectivity index (χ3v) is 3.14. The van der Waals surface area contributed by atoms with Gasteiger partial charge in [-0.25, -0.2) is 5.43 Å². The van der Waals surface area contributed by atoms with Crippen molar-refractivity contribution in [3.05, 3.63) is 45.9 Å². The molecule has 1 aromatic carbocycles. The smallest absolute Gasteiger partial charge is 0.274 e. The Morgan fingerprint density at radius 2 is 2.04 bits per heavy atom. The van der Waals surface area contributed by atoms with Crippen LogP contribution < -0.4 is 15.7 Å². The lowest BCUT2D eigenvalue weighted by molar-refractivity contribution is 0.306. The van der Waals surface area contributed by atoms with Gasteiger partial charge in [0, 0.05) is 0 Å². The highest BCUT2D eigenvalue weighted by Crippen LogP contribution is 2.12. The van der Waals surface area contributed by atoms with Gasteiger partial charge >= 0.3 is 0 Å². The average Bonchev–Trinajstić information content (AvgIpc) is 2.56. The minimum atomic E-state index is -0.290. The molecule has 2 N–H and O–H groups in total. The molecule has 1 heterocycles. The van der Waals surface area contributed by atoms with E-state index >= 15 is 0 Å². The zero-order valence-electron chi connectivity index (χ0n) is 13.4. The topological polar surface area (TPSA) is 92.3 Å². The number of hydrogen-bond acceptors (Lipinski definition) is 6. The molecular formula is C16H21N5O2. The van der Waals surface area contributed by atoms with Crippen LogP contribution >= 0.6 is 0 Å². The number of ether oxygens (including phenoxy) is 1. The van der Waals surface area contributed by atoms with Crippen LogP contribution in [0.2, 0.25) is 0 Å². The van der Waals surface area contributed by atoms with Gasteiger partial charge in [-0.1, -0.05) is 19.8 Å². The van der Waals surface area contributed by atoms with E-state index < -0.39 is 0 Å². The molecular weight excluding hydrogens is 294 g/mol. The van der Waals surface area contributed by atoms with E-state index in [0.717, 1.165) is 24.3 Å². The van der Waals surface area contributed by atoms with E-state index in [9.17, 15) is 4.79 Å². The van der Waals surface area contributed by atoms with Gasteiger partial charge in [0.15, 0.2) is 0 Å². The molecule has 0 radical (unpaired) electrons. The number of hydrogen-bond donors (Lipinski definition) is 2. The van der Waals surface area contributed by atoms with Crippen molar-refractivity contribution in [2.45, 2.75) is 33.1 Å². The van der Waals surface area contributed by atoms with Crippen molar-refractivity contribution >= 4 is 12.2 Å². The number of H-pyrrole nitrogens is 1. The first-order valence-corrected chi connectivity index (χ1v) is 7.64. The summed E-state index contributed by atoms with van der Waals surface area (Å²) in [6, 6.07) is 7.62. The van der Waals surface area contributed by atoms with Crippen LogP contribution in [-0.2, 0) is 0 Å². The van der Waals surface area contributed by atoms with E-state index in [-0.39, 0.29) is 11.5 Å². The Labute approximate surface area is 134 Å². The zero-order valence-corrected chi connectivity index (χ0v) is 13.4. The SMILES string of the molecule is CCCCCOc1ccc(/C=N\Nc2nnc(C)c(=O)[nH]2)cc1. The van der Waals surface area contributed by atoms with E-state index in [0.29, 0.717) is 5.69 Å². The maximum Gasteiger partial charge on any atom is 0.274 e. The molecule has 7 nitrogen and oxygen atoms in total. The van der Waals surface area contributed by atoms with Crippen LogP contribution in [0.1, 0.15) is 37.4 Å². The monoisotopic (exact) mass is 315 g/mol. The van der Waals surface area contributed by atoms with Gasteiger partial charge in [0.2, 0.25) is 5.95 Å². The number of aromatic nitrogens is 3. The van der Waals surface area contributed by atoms with E-state index in [1.807, 2.05) is 24.3 Å². The number of hydrazone groups is 1. The molecule has 0 aliphatic rings. The molecule has 0 aliphatic heterocycles. The van der Waals surface area contributed by atoms with Crippen molar-refractivity contribution in [1.29, 1.82) is 0 Å². The highest BCUT2D eigenvalue weighted by Gasteiger charge is 1.98. The summed E-state index contributed by atoms with van der Waals surface area (Å²) in [5, 5.41) is 11.5. The van der Waals surface area contributed by atoms with Crippen molar-refractivity contribution in [3.8, 4) is 5.75 Å². The van der Waals surface area contributed by atoms with Crippen LogP contribution in [0, 0.1) is 6.92 Å². The van der Waals surface area contributed by atoms with Gasteiger partial charge < -0.3 is 4.74 Å². The van der Waals surface area contributed by atoms with Crippen LogP contribution in [0.4, 0.5) is 5.95 Å². The summed E-state index contributed by atoms with van der Waals surface area (Å²) < 4.78 is 5.64. The summed E-state index contributed by atoms with van der Waals surface area (Å²) in [5.74, 6) is 1.05. The van der Waals surface area contributed by atoms with Crippen LogP contribution in [-0.4, -0.2) is 28.0 Å². The van der Waals surface area contributed by atoms with Crippen molar-refractivity contribution in [3.63, 3.8) is 0 Å². The molecule has 2 aromatic rings. The summed E-state index contributed by atoms with van der Waals surface area (Å²) in [6.07, 6.45) is 5.06. The predicted molar refractivity (Wildman–Crippen MR) is 90.1 cm³/mol. The molecule has 7 heteroatoms. The van der Waals surface area contributed by atoms with Gasteiger partial charge in [0.1, 0.15) is 11.4 Å². The third kappa shape index (κ3) is 5.54. The molecule has 0 saturated carbocycles. The number of aryl methyl sites for hydroxylation is 1. The quantitative estimate of drug-likeness (QED) is 0.443. The number of anilines is 1. The molecule has 122 valence electrons. The Morgan fingerprint density at radius 1 is 1.26 bits per heavy atom. The molecule has 0 unspecified atom stereocenters. The van der Waals surface area contributed by atoms with E-state index in [4.69, 9.17) is 4.74 Å². The van der Waals surface area contributed by atoms with Crippen LogP contribution in [0.15, 0.2) is 34.2 Å². The molecule has 0 fully saturated rings. The largest absolute Gasteiger partial charge is 0.494 e. The molecule has 2 rings (SSSR count). The third-order valence-electron chi connectivity index (χ3n) is 3.14. The number of nitrogens with one attached hydrogen (secondary N) is 2. The predicted octanol–water partition coefficient (Wildman–Crippen LogP) is 2.49. The maximum absolute atomic E-state index is 11.4. The zero-order chi connectivity index (χ0) is 16.5. The summed E-state index contributed by atoms with van der Waals surface area (Å²) in [4.78, 5) is 13.9. The lowest BCUT2D eigenvalue weighted by Gasteiger charge is -2.05. The van der Waals surface area contributed by atoms with E-state index in [1.54, 1.807) is 13.1 Å². The van der Waals surface area contributed by atoms with Gasteiger partial charge in [0.05, 0.1) is 12.8 Å². The summed E-state index contributed by atoms with van der Waals surface area (Å²) in [5.41, 5.74) is 3.56. The van der Waals surface area contributed by atoms with Gasteiger partial charge in [-0.15, -0.1) is 10.2 Å². The van der Waals surface area contributed by atoms with Crippen molar-refractivity contribution < 1.29 is 4.74 Å². The van der Waals surface area contributed by atoms with Crippen LogP contribution in [0.25, 0.3) is 0 Å². The second-order valence-corrected chi connectivity index (χ2v) is 5.08. The van der Waals surface area contributed by atoms with Gasteiger partial charge in [-0.2, -0.15) is 5.10 Å². The van der Waals surface area contributed by atoms with Crippen molar-refractivity contribution in [2.24, 2.45) is 5.10 Å². The summed E-state index contributed by atoms with van der Waals surface area (Å²) in [7, 11) is 0. The minimum absolute atomic E-state index is 0.202. The molecule has 1 aromatic heterocycles. The molecule has 0 aliphatic carbocycles. The first-order chi connectivity index (χ1) is 11.2. The maximum atomic E-state index is 11.4. The molecule has 23 heavy (non-hydrogen) atoms. The fourth-order valence-corrected chi connectivity index (χ4v) is 1.80. The first-order valence-electron chi connectivity index (χ1n) is 7.64. The molecule has 0 bridgehead atoms. The summed E-state index contributed by atoms with van der Waals surface area (Å²) in [6.45, 7) is 4.49. The number of rotatable bonds is 8. The van der Waals surface area contributed by atoms with E-state index in [2.05, 4.69) is 32.6 Å². The average molecular weight is 315 g/mol. The van der Waals surface area contributed by atoms with Crippen LogP contribution in [0.5, 0.6) is 5.75 Å². The van der Waals surface area contributed by atoms with Crippen molar-refractivity contribution in [1.82, 2.24) is 15.2 Å². The van der Waals surface area contributed by atoms with Crippen LogP contribution in [0.3, 0.4) is 0 Å².